The molecule has 3 aromatic rings. The van der Waals surface area contributed by atoms with Crippen molar-refractivity contribution in [3.05, 3.63) is 64.6 Å². The number of likely N-dealkylation sites (N-methyl/N-ethyl adjacent to an activating group) is 1. The number of esters is 1. The molecule has 1 amide bonds. The van der Waals surface area contributed by atoms with Crippen molar-refractivity contribution in [3.63, 3.8) is 0 Å². The van der Waals surface area contributed by atoms with Gasteiger partial charge in [0.2, 0.25) is 0 Å². The van der Waals surface area contributed by atoms with Gasteiger partial charge < -0.3 is 14.8 Å². The smallest absolute Gasteiger partial charge is 0.306 e. The van der Waals surface area contributed by atoms with E-state index in [1.54, 1.807) is 35.9 Å². The van der Waals surface area contributed by atoms with Crippen molar-refractivity contribution in [1.82, 2.24) is 14.9 Å². The zero-order chi connectivity index (χ0) is 20.8. The molecule has 0 aliphatic carbocycles. The van der Waals surface area contributed by atoms with Crippen LogP contribution in [0.1, 0.15) is 12.1 Å². The number of nitrogens with zero attached hydrogens (tertiary/aromatic N) is 2. The van der Waals surface area contributed by atoms with Crippen LogP contribution >= 0.6 is 0 Å². The number of hydrogen-bond acceptors (Lipinski definition) is 6. The van der Waals surface area contributed by atoms with Crippen LogP contribution in [0.5, 0.6) is 5.75 Å². The van der Waals surface area contributed by atoms with Crippen molar-refractivity contribution in [2.75, 3.05) is 20.8 Å². The molecule has 1 N–H and O–H groups in total. The van der Waals surface area contributed by atoms with Crippen molar-refractivity contribution in [2.24, 2.45) is 0 Å². The van der Waals surface area contributed by atoms with Gasteiger partial charge in [-0.1, -0.05) is 12.1 Å². The molecular weight excluding hydrogens is 374 g/mol. The largest absolute Gasteiger partial charge is 0.497 e. The molecule has 1 heterocycles. The van der Waals surface area contributed by atoms with Gasteiger partial charge in [-0.25, -0.2) is 4.98 Å². The molecule has 0 aliphatic rings. The maximum absolute atomic E-state index is 13.1. The summed E-state index contributed by atoms with van der Waals surface area (Å²) in [6, 6.07) is 14.4. The van der Waals surface area contributed by atoms with Crippen LogP contribution in [0.2, 0.25) is 0 Å². The van der Waals surface area contributed by atoms with Crippen molar-refractivity contribution in [3.8, 4) is 11.4 Å². The van der Waals surface area contributed by atoms with E-state index >= 15 is 0 Å². The van der Waals surface area contributed by atoms with Crippen molar-refractivity contribution < 1.29 is 19.1 Å². The SMILES string of the molecule is CNC(=O)COC(=O)CCc1nc2ccccc2n(-c2ccc(OC)cc2)c1=O. The van der Waals surface area contributed by atoms with E-state index in [1.165, 1.54) is 7.05 Å². The molecule has 0 saturated carbocycles. The lowest BCUT2D eigenvalue weighted by Crippen LogP contribution is -2.27. The van der Waals surface area contributed by atoms with Crippen molar-refractivity contribution in [1.29, 1.82) is 0 Å². The number of methoxy groups -OCH3 is 1. The van der Waals surface area contributed by atoms with Gasteiger partial charge in [-0.05, 0) is 36.4 Å². The highest BCUT2D eigenvalue weighted by Gasteiger charge is 2.15. The van der Waals surface area contributed by atoms with E-state index in [2.05, 4.69) is 10.3 Å². The van der Waals surface area contributed by atoms with Gasteiger partial charge in [-0.2, -0.15) is 0 Å². The molecule has 8 nitrogen and oxygen atoms in total. The Kier molecular flexibility index (Phi) is 6.23. The van der Waals surface area contributed by atoms with Crippen LogP contribution in [0.3, 0.4) is 0 Å². The molecule has 1 aromatic heterocycles. The van der Waals surface area contributed by atoms with Crippen molar-refractivity contribution >= 4 is 22.9 Å². The van der Waals surface area contributed by atoms with Gasteiger partial charge in [0, 0.05) is 19.2 Å². The summed E-state index contributed by atoms with van der Waals surface area (Å²) in [7, 11) is 3.03. The molecule has 2 aromatic carbocycles. The molecule has 0 radical (unpaired) electrons. The monoisotopic (exact) mass is 395 g/mol. The van der Waals surface area contributed by atoms with Gasteiger partial charge in [0.25, 0.3) is 11.5 Å². The Labute approximate surface area is 167 Å². The lowest BCUT2D eigenvalue weighted by atomic mass is 10.2. The van der Waals surface area contributed by atoms with E-state index in [-0.39, 0.29) is 30.7 Å². The number of aryl methyl sites for hydroxylation is 1. The van der Waals surface area contributed by atoms with Gasteiger partial charge >= 0.3 is 5.97 Å². The minimum absolute atomic E-state index is 0.0554. The van der Waals surface area contributed by atoms with E-state index in [4.69, 9.17) is 9.47 Å². The van der Waals surface area contributed by atoms with E-state index in [0.717, 1.165) is 0 Å². The van der Waals surface area contributed by atoms with Crippen molar-refractivity contribution in [2.45, 2.75) is 12.8 Å². The van der Waals surface area contributed by atoms with Crippen LogP contribution in [0, 0.1) is 0 Å². The number of carbonyl (C=O) groups excluding carboxylic acids is 2. The number of hydrogen-bond donors (Lipinski definition) is 1. The van der Waals surface area contributed by atoms with Crippen LogP contribution in [0.4, 0.5) is 0 Å². The summed E-state index contributed by atoms with van der Waals surface area (Å²) in [5.41, 5.74) is 1.90. The van der Waals surface area contributed by atoms with Gasteiger partial charge in [0.1, 0.15) is 11.4 Å². The Morgan fingerprint density at radius 1 is 1.10 bits per heavy atom. The number of para-hydroxylation sites is 2. The molecule has 0 aliphatic heterocycles. The number of ether oxygens (including phenoxy) is 2. The summed E-state index contributed by atoms with van der Waals surface area (Å²) in [4.78, 5) is 40.6. The highest BCUT2D eigenvalue weighted by molar-refractivity contribution is 5.80. The summed E-state index contributed by atoms with van der Waals surface area (Å²) in [5.74, 6) is -0.290. The lowest BCUT2D eigenvalue weighted by molar-refractivity contribution is -0.148. The van der Waals surface area contributed by atoms with Crippen LogP contribution in [0.25, 0.3) is 16.7 Å². The number of fused-ring (bicyclic) bond motifs is 1. The molecule has 0 bridgehead atoms. The Hall–Kier alpha value is -3.68. The van der Waals surface area contributed by atoms with Crippen LogP contribution in [0.15, 0.2) is 53.3 Å². The number of nitrogens with one attached hydrogen (secondary N) is 1. The fraction of sp³-hybridized carbons (Fsp3) is 0.238. The fourth-order valence-electron chi connectivity index (χ4n) is 2.84. The first kappa shape index (κ1) is 20.1. The predicted molar refractivity (Wildman–Crippen MR) is 107 cm³/mol. The van der Waals surface area contributed by atoms with Crippen LogP contribution in [-0.4, -0.2) is 42.2 Å². The van der Waals surface area contributed by atoms with Gasteiger partial charge in [-0.15, -0.1) is 0 Å². The molecular formula is C21H21N3O5. The van der Waals surface area contributed by atoms with E-state index < -0.39 is 11.9 Å². The molecule has 29 heavy (non-hydrogen) atoms. The number of aromatic nitrogens is 2. The average molecular weight is 395 g/mol. The number of benzene rings is 2. The Morgan fingerprint density at radius 3 is 2.52 bits per heavy atom. The van der Waals surface area contributed by atoms with Gasteiger partial charge in [0.05, 0.1) is 24.6 Å². The predicted octanol–water partition coefficient (Wildman–Crippen LogP) is 1.62. The van der Waals surface area contributed by atoms with Gasteiger partial charge in [-0.3, -0.25) is 19.0 Å². The summed E-state index contributed by atoms with van der Waals surface area (Å²) in [5, 5.41) is 2.37. The maximum atomic E-state index is 13.1. The molecule has 150 valence electrons. The van der Waals surface area contributed by atoms with Crippen LogP contribution in [-0.2, 0) is 20.7 Å². The van der Waals surface area contributed by atoms with E-state index in [1.807, 2.05) is 24.3 Å². The quantitative estimate of drug-likeness (QED) is 0.610. The highest BCUT2D eigenvalue weighted by Crippen LogP contribution is 2.19. The Bertz CT molecular complexity index is 1090. The molecule has 0 saturated heterocycles. The number of amides is 1. The Balaban J connectivity index is 1.92. The molecule has 0 atom stereocenters. The maximum Gasteiger partial charge on any atom is 0.306 e. The first-order chi connectivity index (χ1) is 14.0. The second-order valence-corrected chi connectivity index (χ2v) is 6.22. The number of carbonyl (C=O) groups is 2. The first-order valence-electron chi connectivity index (χ1n) is 9.04. The standard InChI is InChI=1S/C21H21N3O5/c1-22-19(25)13-29-20(26)12-11-17-21(27)24(14-7-9-15(28-2)10-8-14)18-6-4-3-5-16(18)23-17/h3-10H,11-13H2,1-2H3,(H,22,25). The summed E-state index contributed by atoms with van der Waals surface area (Å²) in [6.07, 6.45) is 0.0482. The van der Waals surface area contributed by atoms with E-state index in [9.17, 15) is 14.4 Å². The fourth-order valence-corrected chi connectivity index (χ4v) is 2.84. The minimum Gasteiger partial charge on any atom is -0.497 e. The Morgan fingerprint density at radius 2 is 1.83 bits per heavy atom. The summed E-state index contributed by atoms with van der Waals surface area (Å²) in [6.45, 7) is -0.351. The second-order valence-electron chi connectivity index (χ2n) is 6.22. The normalized spacial score (nSPS) is 10.6. The molecule has 0 unspecified atom stereocenters. The summed E-state index contributed by atoms with van der Waals surface area (Å²) >= 11 is 0. The van der Waals surface area contributed by atoms with Crippen LogP contribution < -0.4 is 15.6 Å². The molecule has 0 fully saturated rings. The molecule has 0 spiro atoms. The second kappa shape index (κ2) is 9.01. The third kappa shape index (κ3) is 4.60. The third-order valence-electron chi connectivity index (χ3n) is 4.37. The summed E-state index contributed by atoms with van der Waals surface area (Å²) < 4.78 is 11.6. The molecule has 3 rings (SSSR count). The topological polar surface area (TPSA) is 99.5 Å². The zero-order valence-corrected chi connectivity index (χ0v) is 16.2. The first-order valence-corrected chi connectivity index (χ1v) is 9.04. The van der Waals surface area contributed by atoms with Gasteiger partial charge in [0.15, 0.2) is 6.61 Å². The highest BCUT2D eigenvalue weighted by atomic mass is 16.5. The lowest BCUT2D eigenvalue weighted by Gasteiger charge is -2.13. The minimum atomic E-state index is -0.570. The average Bonchev–Trinajstić information content (AvgIpc) is 2.76. The third-order valence-corrected chi connectivity index (χ3v) is 4.37. The number of rotatable bonds is 7. The molecule has 8 heteroatoms. The zero-order valence-electron chi connectivity index (χ0n) is 16.2. The van der Waals surface area contributed by atoms with E-state index in [0.29, 0.717) is 22.5 Å².